The van der Waals surface area contributed by atoms with Crippen LogP contribution in [0, 0.1) is 10.1 Å². The topological polar surface area (TPSA) is 143 Å². The number of non-ortho nitro benzene ring substituents is 1. The summed E-state index contributed by atoms with van der Waals surface area (Å²) in [6, 6.07) is 16.6. The standard InChI is InChI=1S/C24H26N6O5/c1-16(12-13-31)25-17-4-6-18(7-5-17)26-28-21-14-24(35-3)22(15-23(21)34-2)29-27-19-8-10-20(11-9-19)30(32)33/h4-11,14-16,25,31H,12-13H2,1-3H3. The Hall–Kier alpha value is -4.38. The van der Waals surface area contributed by atoms with Crippen molar-refractivity contribution in [2.45, 2.75) is 19.4 Å². The maximum atomic E-state index is 10.8. The Balaban J connectivity index is 1.78. The highest BCUT2D eigenvalue weighted by molar-refractivity contribution is 5.66. The molecule has 0 saturated carbocycles. The first-order valence-corrected chi connectivity index (χ1v) is 10.7. The van der Waals surface area contributed by atoms with Gasteiger partial charge in [0.05, 0.1) is 30.5 Å². The molecule has 11 nitrogen and oxygen atoms in total. The summed E-state index contributed by atoms with van der Waals surface area (Å²) in [5.74, 6) is 0.825. The van der Waals surface area contributed by atoms with Gasteiger partial charge in [0.25, 0.3) is 5.69 Å². The SMILES string of the molecule is COc1cc(N=Nc2ccc([N+](=O)[O-])cc2)c(OC)cc1N=Nc1ccc(NC(C)CCO)cc1. The molecule has 182 valence electrons. The molecule has 0 amide bonds. The Kier molecular flexibility index (Phi) is 8.79. The Morgan fingerprint density at radius 1 is 0.886 bits per heavy atom. The van der Waals surface area contributed by atoms with Gasteiger partial charge in [0, 0.05) is 42.6 Å². The number of nitro groups is 1. The Morgan fingerprint density at radius 2 is 1.37 bits per heavy atom. The number of nitrogens with zero attached hydrogens (tertiary/aromatic N) is 5. The minimum Gasteiger partial charge on any atom is -0.494 e. The Morgan fingerprint density at radius 3 is 1.80 bits per heavy atom. The smallest absolute Gasteiger partial charge is 0.269 e. The molecule has 0 spiro atoms. The zero-order valence-corrected chi connectivity index (χ0v) is 19.6. The van der Waals surface area contributed by atoms with Crippen molar-refractivity contribution < 1.29 is 19.5 Å². The molecule has 11 heteroatoms. The van der Waals surface area contributed by atoms with Gasteiger partial charge in [-0.2, -0.15) is 10.2 Å². The van der Waals surface area contributed by atoms with Crippen LogP contribution in [0.15, 0.2) is 81.1 Å². The second kappa shape index (κ2) is 12.2. The van der Waals surface area contributed by atoms with Crippen molar-refractivity contribution in [2.24, 2.45) is 20.5 Å². The van der Waals surface area contributed by atoms with Gasteiger partial charge in [-0.25, -0.2) is 0 Å². The highest BCUT2D eigenvalue weighted by atomic mass is 16.6. The maximum Gasteiger partial charge on any atom is 0.269 e. The third-order valence-corrected chi connectivity index (χ3v) is 4.93. The lowest BCUT2D eigenvalue weighted by molar-refractivity contribution is -0.384. The highest BCUT2D eigenvalue weighted by Crippen LogP contribution is 2.41. The van der Waals surface area contributed by atoms with Crippen LogP contribution >= 0.6 is 0 Å². The second-order valence-electron chi connectivity index (χ2n) is 7.47. The van der Waals surface area contributed by atoms with Crippen LogP contribution in [-0.2, 0) is 0 Å². The number of aliphatic hydroxyl groups is 1. The van der Waals surface area contributed by atoms with Crippen LogP contribution in [0.1, 0.15) is 13.3 Å². The van der Waals surface area contributed by atoms with E-state index < -0.39 is 4.92 Å². The summed E-state index contributed by atoms with van der Waals surface area (Å²) >= 11 is 0. The molecule has 0 heterocycles. The predicted octanol–water partition coefficient (Wildman–Crippen LogP) is 6.63. The zero-order chi connectivity index (χ0) is 25.2. The van der Waals surface area contributed by atoms with Crippen LogP contribution in [0.25, 0.3) is 0 Å². The van der Waals surface area contributed by atoms with E-state index in [1.54, 1.807) is 12.1 Å². The molecule has 35 heavy (non-hydrogen) atoms. The molecule has 3 rings (SSSR count). The number of ether oxygens (including phenoxy) is 2. The van der Waals surface area contributed by atoms with Crippen molar-refractivity contribution in [3.63, 3.8) is 0 Å². The number of hydrogen-bond acceptors (Lipinski definition) is 10. The number of nitro benzene ring substituents is 1. The molecule has 0 bridgehead atoms. The minimum absolute atomic E-state index is 0.0277. The number of anilines is 1. The second-order valence-corrected chi connectivity index (χ2v) is 7.47. The van der Waals surface area contributed by atoms with Crippen LogP contribution in [0.5, 0.6) is 11.5 Å². The normalized spacial score (nSPS) is 12.1. The first kappa shape index (κ1) is 25.2. The first-order valence-electron chi connectivity index (χ1n) is 10.7. The summed E-state index contributed by atoms with van der Waals surface area (Å²) < 4.78 is 10.9. The number of aliphatic hydroxyl groups excluding tert-OH is 1. The van der Waals surface area contributed by atoms with Gasteiger partial charge in [-0.3, -0.25) is 10.1 Å². The number of hydrogen-bond donors (Lipinski definition) is 2. The van der Waals surface area contributed by atoms with E-state index in [0.717, 1.165) is 5.69 Å². The van der Waals surface area contributed by atoms with Crippen LogP contribution in [0.3, 0.4) is 0 Å². The lowest BCUT2D eigenvalue weighted by Crippen LogP contribution is -2.16. The van der Waals surface area contributed by atoms with Gasteiger partial charge < -0.3 is 19.9 Å². The lowest BCUT2D eigenvalue weighted by atomic mass is 10.2. The van der Waals surface area contributed by atoms with Crippen molar-refractivity contribution in [1.82, 2.24) is 0 Å². The van der Waals surface area contributed by atoms with E-state index in [2.05, 4.69) is 25.8 Å². The molecule has 0 aromatic heterocycles. The van der Waals surface area contributed by atoms with Crippen molar-refractivity contribution in [2.75, 3.05) is 26.1 Å². The van der Waals surface area contributed by atoms with E-state index in [-0.39, 0.29) is 18.3 Å². The molecule has 0 aliphatic heterocycles. The van der Waals surface area contributed by atoms with E-state index in [4.69, 9.17) is 14.6 Å². The van der Waals surface area contributed by atoms with Crippen LogP contribution in [-0.4, -0.2) is 36.9 Å². The largest absolute Gasteiger partial charge is 0.494 e. The van der Waals surface area contributed by atoms with Crippen molar-refractivity contribution >= 4 is 34.1 Å². The van der Waals surface area contributed by atoms with E-state index in [9.17, 15) is 10.1 Å². The highest BCUT2D eigenvalue weighted by Gasteiger charge is 2.12. The molecule has 0 fully saturated rings. The monoisotopic (exact) mass is 478 g/mol. The molecule has 1 unspecified atom stereocenters. The molecule has 3 aromatic rings. The summed E-state index contributed by atoms with van der Waals surface area (Å²) in [5.41, 5.74) is 2.83. The Labute approximate surface area is 202 Å². The molecule has 1 atom stereocenters. The van der Waals surface area contributed by atoms with Crippen molar-refractivity contribution in [3.8, 4) is 11.5 Å². The van der Waals surface area contributed by atoms with Crippen LogP contribution < -0.4 is 14.8 Å². The number of rotatable bonds is 11. The maximum absolute atomic E-state index is 10.8. The van der Waals surface area contributed by atoms with Gasteiger partial charge in [0.2, 0.25) is 0 Å². The molecular formula is C24H26N6O5. The van der Waals surface area contributed by atoms with Gasteiger partial charge in [-0.1, -0.05) is 0 Å². The summed E-state index contributed by atoms with van der Waals surface area (Å²) in [5, 5.41) is 40.0. The van der Waals surface area contributed by atoms with E-state index in [1.807, 2.05) is 31.2 Å². The van der Waals surface area contributed by atoms with Gasteiger partial charge in [-0.15, -0.1) is 10.2 Å². The van der Waals surface area contributed by atoms with Crippen molar-refractivity contribution in [3.05, 3.63) is 70.8 Å². The van der Waals surface area contributed by atoms with Gasteiger partial charge in [0.1, 0.15) is 22.9 Å². The first-order chi connectivity index (χ1) is 16.9. The third-order valence-electron chi connectivity index (χ3n) is 4.93. The fraction of sp³-hybridized carbons (Fsp3) is 0.250. The zero-order valence-electron chi connectivity index (χ0n) is 19.6. The number of methoxy groups -OCH3 is 2. The minimum atomic E-state index is -0.479. The fourth-order valence-corrected chi connectivity index (χ4v) is 3.06. The van der Waals surface area contributed by atoms with Crippen LogP contribution in [0.4, 0.5) is 34.1 Å². The fourth-order valence-electron chi connectivity index (χ4n) is 3.06. The lowest BCUT2D eigenvalue weighted by Gasteiger charge is -2.13. The summed E-state index contributed by atoms with van der Waals surface area (Å²) in [6.45, 7) is 2.13. The molecule has 0 aliphatic carbocycles. The van der Waals surface area contributed by atoms with Crippen molar-refractivity contribution in [1.29, 1.82) is 0 Å². The number of benzene rings is 3. The van der Waals surface area contributed by atoms with Gasteiger partial charge in [-0.05, 0) is 49.7 Å². The average Bonchev–Trinajstić information content (AvgIpc) is 2.87. The van der Waals surface area contributed by atoms with E-state index in [0.29, 0.717) is 40.7 Å². The Bertz CT molecular complexity index is 1200. The molecule has 0 saturated heterocycles. The molecule has 2 N–H and O–H groups in total. The van der Waals surface area contributed by atoms with Crippen LogP contribution in [0.2, 0.25) is 0 Å². The number of azo groups is 2. The summed E-state index contributed by atoms with van der Waals surface area (Å²) in [7, 11) is 3.00. The average molecular weight is 479 g/mol. The van der Waals surface area contributed by atoms with Gasteiger partial charge >= 0.3 is 0 Å². The van der Waals surface area contributed by atoms with Gasteiger partial charge in [0.15, 0.2) is 0 Å². The molecule has 0 radical (unpaired) electrons. The summed E-state index contributed by atoms with van der Waals surface area (Å²) in [6.07, 6.45) is 0.659. The number of nitrogens with one attached hydrogen (secondary N) is 1. The quantitative estimate of drug-likeness (QED) is 0.180. The molecule has 3 aromatic carbocycles. The summed E-state index contributed by atoms with van der Waals surface area (Å²) in [4.78, 5) is 10.3. The third kappa shape index (κ3) is 7.05. The molecular weight excluding hydrogens is 452 g/mol. The predicted molar refractivity (Wildman–Crippen MR) is 132 cm³/mol. The molecule has 0 aliphatic rings. The van der Waals surface area contributed by atoms with E-state index >= 15 is 0 Å². The van der Waals surface area contributed by atoms with E-state index in [1.165, 1.54) is 38.5 Å².